The standard InChI is InChI=1S/C24H24Cl2N2O5/c1-27(2)8-3-9-28-21(14-4-6-16(25)17(26)12-14)20(23(30)24(28)31)22(29)15-5-7-18-19(13-15)33-11-10-32-18/h4-7,12-13,21,29H,3,8-11H2,1-2H3/b22-20+/t21-/m0/s1. The Morgan fingerprint density at radius 2 is 1.79 bits per heavy atom. The minimum atomic E-state index is -0.796. The lowest BCUT2D eigenvalue weighted by atomic mass is 9.95. The van der Waals surface area contributed by atoms with Crippen LogP contribution in [0.4, 0.5) is 0 Å². The fourth-order valence-electron chi connectivity index (χ4n) is 4.04. The number of Topliss-reactive ketones (excluding diaryl/α,β-unsaturated/α-hetero) is 1. The zero-order valence-corrected chi connectivity index (χ0v) is 19.8. The van der Waals surface area contributed by atoms with Gasteiger partial charge in [-0.05, 0) is 63.0 Å². The number of aliphatic hydroxyl groups excluding tert-OH is 1. The summed E-state index contributed by atoms with van der Waals surface area (Å²) in [6.45, 7) is 1.90. The van der Waals surface area contributed by atoms with E-state index in [0.717, 1.165) is 6.54 Å². The molecule has 0 bridgehead atoms. The lowest BCUT2D eigenvalue weighted by molar-refractivity contribution is -0.139. The molecule has 7 nitrogen and oxygen atoms in total. The number of benzene rings is 2. The minimum absolute atomic E-state index is 0.0000741. The fraction of sp³-hybridized carbons (Fsp3) is 0.333. The highest BCUT2D eigenvalue weighted by molar-refractivity contribution is 6.46. The second-order valence-corrected chi connectivity index (χ2v) is 9.00. The Morgan fingerprint density at radius 1 is 1.06 bits per heavy atom. The van der Waals surface area contributed by atoms with Gasteiger partial charge in [0.1, 0.15) is 19.0 Å². The molecule has 2 heterocycles. The molecule has 1 amide bonds. The van der Waals surface area contributed by atoms with Gasteiger partial charge in [-0.3, -0.25) is 9.59 Å². The molecule has 33 heavy (non-hydrogen) atoms. The molecule has 2 aromatic carbocycles. The molecule has 2 aromatic rings. The van der Waals surface area contributed by atoms with Crippen molar-refractivity contribution >= 4 is 40.7 Å². The van der Waals surface area contributed by atoms with E-state index in [1.807, 2.05) is 19.0 Å². The van der Waals surface area contributed by atoms with Crippen molar-refractivity contribution in [1.82, 2.24) is 9.80 Å². The zero-order chi connectivity index (χ0) is 23.7. The van der Waals surface area contributed by atoms with Crippen molar-refractivity contribution in [1.29, 1.82) is 0 Å². The molecule has 0 aromatic heterocycles. The Bertz CT molecular complexity index is 1130. The number of amides is 1. The highest BCUT2D eigenvalue weighted by atomic mass is 35.5. The maximum Gasteiger partial charge on any atom is 0.295 e. The highest BCUT2D eigenvalue weighted by Gasteiger charge is 2.46. The van der Waals surface area contributed by atoms with E-state index in [-0.39, 0.29) is 11.3 Å². The van der Waals surface area contributed by atoms with Gasteiger partial charge >= 0.3 is 0 Å². The topological polar surface area (TPSA) is 79.3 Å². The van der Waals surface area contributed by atoms with Crippen molar-refractivity contribution in [3.63, 3.8) is 0 Å². The van der Waals surface area contributed by atoms with Gasteiger partial charge < -0.3 is 24.4 Å². The van der Waals surface area contributed by atoms with E-state index in [0.29, 0.717) is 58.9 Å². The zero-order valence-electron chi connectivity index (χ0n) is 18.3. The van der Waals surface area contributed by atoms with Crippen LogP contribution in [0.15, 0.2) is 42.0 Å². The molecule has 1 N–H and O–H groups in total. The number of carbonyl (C=O) groups is 2. The van der Waals surface area contributed by atoms with E-state index < -0.39 is 17.7 Å². The SMILES string of the molecule is CN(C)CCCN1C(=O)C(=O)/C(=C(/O)c2ccc3c(c2)OCCO3)[C@@H]1c1ccc(Cl)c(Cl)c1. The molecule has 9 heteroatoms. The monoisotopic (exact) mass is 490 g/mol. The molecule has 4 rings (SSSR count). The number of halogens is 2. The summed E-state index contributed by atoms with van der Waals surface area (Å²) in [6.07, 6.45) is 0.655. The van der Waals surface area contributed by atoms with E-state index in [1.165, 1.54) is 4.90 Å². The lowest BCUT2D eigenvalue weighted by Gasteiger charge is -2.26. The Kier molecular flexibility index (Phi) is 6.83. The third-order valence-corrected chi connectivity index (χ3v) is 6.36. The summed E-state index contributed by atoms with van der Waals surface area (Å²) in [4.78, 5) is 29.6. The second-order valence-electron chi connectivity index (χ2n) is 8.18. The number of likely N-dealkylation sites (tertiary alicyclic amines) is 1. The molecule has 2 aliphatic rings. The van der Waals surface area contributed by atoms with Crippen molar-refractivity contribution in [3.05, 3.63) is 63.1 Å². The first-order chi connectivity index (χ1) is 15.8. The summed E-state index contributed by atoms with van der Waals surface area (Å²) >= 11 is 12.3. The van der Waals surface area contributed by atoms with Crippen LogP contribution in [0.2, 0.25) is 10.0 Å². The van der Waals surface area contributed by atoms with Gasteiger partial charge in [0.05, 0.1) is 21.7 Å². The summed E-state index contributed by atoms with van der Waals surface area (Å²) in [5.41, 5.74) is 0.947. The van der Waals surface area contributed by atoms with Crippen molar-refractivity contribution in [3.8, 4) is 11.5 Å². The van der Waals surface area contributed by atoms with Crippen LogP contribution in [-0.2, 0) is 9.59 Å². The van der Waals surface area contributed by atoms with Gasteiger partial charge in [0.2, 0.25) is 0 Å². The van der Waals surface area contributed by atoms with Gasteiger partial charge in [-0.1, -0.05) is 29.3 Å². The van der Waals surface area contributed by atoms with Crippen LogP contribution in [-0.4, -0.2) is 67.0 Å². The van der Waals surface area contributed by atoms with Crippen LogP contribution >= 0.6 is 23.2 Å². The van der Waals surface area contributed by atoms with E-state index >= 15 is 0 Å². The number of nitrogens with zero attached hydrogens (tertiary/aromatic N) is 2. The minimum Gasteiger partial charge on any atom is -0.507 e. The predicted molar refractivity (Wildman–Crippen MR) is 126 cm³/mol. The molecular weight excluding hydrogens is 467 g/mol. The molecule has 0 saturated carbocycles. The van der Waals surface area contributed by atoms with Gasteiger partial charge in [0.15, 0.2) is 11.5 Å². The van der Waals surface area contributed by atoms with Crippen LogP contribution in [0, 0.1) is 0 Å². The predicted octanol–water partition coefficient (Wildman–Crippen LogP) is 4.14. The summed E-state index contributed by atoms with van der Waals surface area (Å²) in [6, 6.07) is 9.06. The van der Waals surface area contributed by atoms with E-state index in [1.54, 1.807) is 36.4 Å². The third kappa shape index (κ3) is 4.67. The van der Waals surface area contributed by atoms with Gasteiger partial charge in [-0.25, -0.2) is 0 Å². The van der Waals surface area contributed by atoms with E-state index in [4.69, 9.17) is 32.7 Å². The molecule has 0 radical (unpaired) electrons. The molecule has 1 saturated heterocycles. The molecule has 1 atom stereocenters. The largest absolute Gasteiger partial charge is 0.507 e. The Hall–Kier alpha value is -2.74. The van der Waals surface area contributed by atoms with Gasteiger partial charge in [0, 0.05) is 12.1 Å². The molecule has 174 valence electrons. The van der Waals surface area contributed by atoms with Crippen molar-refractivity contribution in [2.24, 2.45) is 0 Å². The summed E-state index contributed by atoms with van der Waals surface area (Å²) < 4.78 is 11.1. The van der Waals surface area contributed by atoms with Gasteiger partial charge in [0.25, 0.3) is 11.7 Å². The number of ether oxygens (including phenoxy) is 2. The number of hydrogen-bond acceptors (Lipinski definition) is 6. The molecule has 1 fully saturated rings. The average molecular weight is 491 g/mol. The number of fused-ring (bicyclic) bond motifs is 1. The molecule has 0 aliphatic carbocycles. The smallest absolute Gasteiger partial charge is 0.295 e. The Labute approximate surface area is 202 Å². The number of rotatable bonds is 6. The number of aliphatic hydroxyl groups is 1. The maximum atomic E-state index is 13.1. The normalized spacial score (nSPS) is 19.4. The van der Waals surface area contributed by atoms with Crippen LogP contribution in [0.5, 0.6) is 11.5 Å². The highest BCUT2D eigenvalue weighted by Crippen LogP contribution is 2.42. The third-order valence-electron chi connectivity index (χ3n) is 5.62. The van der Waals surface area contributed by atoms with Crippen molar-refractivity contribution in [2.75, 3.05) is 40.4 Å². The van der Waals surface area contributed by atoms with Crippen molar-refractivity contribution < 1.29 is 24.2 Å². The summed E-state index contributed by atoms with van der Waals surface area (Å²) in [7, 11) is 3.87. The number of carbonyl (C=O) groups excluding carboxylic acids is 2. The number of ketones is 1. The Balaban J connectivity index is 1.80. The summed E-state index contributed by atoms with van der Waals surface area (Å²) in [5, 5.41) is 11.9. The molecule has 0 spiro atoms. The summed E-state index contributed by atoms with van der Waals surface area (Å²) in [5.74, 6) is -0.664. The van der Waals surface area contributed by atoms with Crippen molar-refractivity contribution in [2.45, 2.75) is 12.5 Å². The van der Waals surface area contributed by atoms with E-state index in [9.17, 15) is 14.7 Å². The first kappa shape index (κ1) is 23.4. The average Bonchev–Trinajstić information content (AvgIpc) is 3.05. The molecule has 2 aliphatic heterocycles. The molecule has 0 unspecified atom stereocenters. The molecular formula is C24H24Cl2N2O5. The second kappa shape index (κ2) is 9.63. The van der Waals surface area contributed by atoms with Gasteiger partial charge in [-0.15, -0.1) is 0 Å². The van der Waals surface area contributed by atoms with Gasteiger partial charge in [-0.2, -0.15) is 0 Å². The Morgan fingerprint density at radius 3 is 2.48 bits per heavy atom. The first-order valence-corrected chi connectivity index (χ1v) is 11.3. The maximum absolute atomic E-state index is 13.1. The van der Waals surface area contributed by atoms with Crippen LogP contribution in [0.25, 0.3) is 5.76 Å². The fourth-order valence-corrected chi connectivity index (χ4v) is 4.35. The number of hydrogen-bond donors (Lipinski definition) is 1. The van der Waals surface area contributed by atoms with E-state index in [2.05, 4.69) is 0 Å². The van der Waals surface area contributed by atoms with Crippen LogP contribution < -0.4 is 9.47 Å². The first-order valence-electron chi connectivity index (χ1n) is 10.6. The quantitative estimate of drug-likeness (QED) is 0.372. The lowest BCUT2D eigenvalue weighted by Crippen LogP contribution is -2.32. The van der Waals surface area contributed by atoms with Crippen LogP contribution in [0.3, 0.4) is 0 Å². The van der Waals surface area contributed by atoms with Crippen LogP contribution in [0.1, 0.15) is 23.6 Å².